The fourth-order valence-corrected chi connectivity index (χ4v) is 4.63. The molecule has 3 aromatic carbocycles. The van der Waals surface area contributed by atoms with Gasteiger partial charge < -0.3 is 24.3 Å². The van der Waals surface area contributed by atoms with Crippen LogP contribution in [0.15, 0.2) is 68.7 Å². The average Bonchev–Trinajstić information content (AvgIpc) is 3.24. The van der Waals surface area contributed by atoms with Crippen LogP contribution in [0, 0.1) is 26.7 Å². The summed E-state index contributed by atoms with van der Waals surface area (Å²) in [6.45, 7) is 11.7. The minimum atomic E-state index is -0.900. The molecule has 0 saturated carbocycles. The Morgan fingerprint density at radius 1 is 0.976 bits per heavy atom. The van der Waals surface area contributed by atoms with Gasteiger partial charge in [0.1, 0.15) is 18.1 Å². The summed E-state index contributed by atoms with van der Waals surface area (Å²) in [5, 5.41) is 2.91. The van der Waals surface area contributed by atoms with Gasteiger partial charge in [-0.15, -0.1) is 0 Å². The van der Waals surface area contributed by atoms with Gasteiger partial charge in [-0.3, -0.25) is 14.3 Å². The summed E-state index contributed by atoms with van der Waals surface area (Å²) in [6, 6.07) is 17.6. The fraction of sp³-hybridized carbons (Fsp3) is 0.344. The minimum Gasteiger partial charge on any atom is -0.494 e. The molecule has 4 rings (SSSR count). The summed E-state index contributed by atoms with van der Waals surface area (Å²) in [6.07, 6.45) is 0.742. The average molecular weight is 582 g/mol. The quantitative estimate of drug-likeness (QED) is 0.199. The van der Waals surface area contributed by atoms with Crippen LogP contribution < -0.4 is 60.8 Å². The SMILES string of the molecule is Cc1cc(OCCCNC(=O)C(C)C)cc(C)c1-c1cccc(COc2ccc(Cn3oc(=O)[n-]c3=O)cc2)c1C.[Na+]. The molecule has 0 aliphatic rings. The second-order valence-corrected chi connectivity index (χ2v) is 10.4. The first kappa shape index (κ1) is 33.0. The first-order chi connectivity index (χ1) is 19.6. The zero-order valence-corrected chi connectivity index (χ0v) is 27.2. The Labute approximate surface area is 267 Å². The van der Waals surface area contributed by atoms with Crippen molar-refractivity contribution in [3.8, 4) is 22.6 Å². The van der Waals surface area contributed by atoms with Gasteiger partial charge in [0, 0.05) is 19.0 Å². The van der Waals surface area contributed by atoms with Crippen LogP contribution in [0.2, 0.25) is 0 Å². The molecule has 0 unspecified atom stereocenters. The molecule has 0 spiro atoms. The smallest absolute Gasteiger partial charge is 0.494 e. The number of nitrogens with zero attached hydrogens (tertiary/aromatic N) is 2. The third-order valence-electron chi connectivity index (χ3n) is 6.87. The summed E-state index contributed by atoms with van der Waals surface area (Å²) in [4.78, 5) is 37.6. The Bertz CT molecular complexity index is 1600. The molecule has 10 heteroatoms. The number of ether oxygens (including phenoxy) is 2. The Hall–Kier alpha value is -3.53. The van der Waals surface area contributed by atoms with E-state index in [2.05, 4.69) is 55.3 Å². The number of benzene rings is 3. The van der Waals surface area contributed by atoms with Crippen molar-refractivity contribution in [1.29, 1.82) is 0 Å². The van der Waals surface area contributed by atoms with E-state index in [1.807, 2.05) is 44.2 Å². The first-order valence-corrected chi connectivity index (χ1v) is 13.7. The molecule has 0 saturated heterocycles. The van der Waals surface area contributed by atoms with Gasteiger partial charge in [0.05, 0.1) is 6.61 Å². The Balaban J connectivity index is 0.00000484. The van der Waals surface area contributed by atoms with Gasteiger partial charge in [-0.1, -0.05) is 44.2 Å². The van der Waals surface area contributed by atoms with Gasteiger partial charge in [-0.25, -0.2) is 4.79 Å². The molecule has 0 aliphatic carbocycles. The molecule has 42 heavy (non-hydrogen) atoms. The van der Waals surface area contributed by atoms with Crippen molar-refractivity contribution in [3.05, 3.63) is 103 Å². The van der Waals surface area contributed by atoms with E-state index in [-0.39, 0.29) is 47.9 Å². The largest absolute Gasteiger partial charge is 1.00 e. The van der Waals surface area contributed by atoms with Gasteiger partial charge >= 0.3 is 35.3 Å². The molecule has 4 aromatic rings. The van der Waals surface area contributed by atoms with Crippen molar-refractivity contribution in [3.63, 3.8) is 0 Å². The van der Waals surface area contributed by atoms with Crippen LogP contribution in [-0.2, 0) is 17.9 Å². The van der Waals surface area contributed by atoms with Crippen LogP contribution in [0.1, 0.15) is 48.1 Å². The van der Waals surface area contributed by atoms with Crippen molar-refractivity contribution in [2.75, 3.05) is 13.2 Å². The third-order valence-corrected chi connectivity index (χ3v) is 6.87. The number of hydrogen-bond acceptors (Lipinski definition) is 6. The summed E-state index contributed by atoms with van der Waals surface area (Å²) in [5.74, 6) is 0.644. The molecule has 1 N–H and O–H groups in total. The fourth-order valence-electron chi connectivity index (χ4n) is 4.63. The van der Waals surface area contributed by atoms with E-state index in [4.69, 9.17) is 14.0 Å². The standard InChI is InChI=1S/C32H37N3O6.Na/c1-20(2)30(36)33-14-7-15-39-27-16-21(3)29(22(4)17-27)28-9-6-8-25(23(28)5)19-40-26-12-10-24(11-13-26)18-35-31(37)34-32(38)41-35;/h6,8-13,16-17,20H,7,14-15,18-19H2,1-5H3,(H2,33,34,36,37,38);/q;+1/p-1. The second-order valence-electron chi connectivity index (χ2n) is 10.4. The van der Waals surface area contributed by atoms with Crippen molar-refractivity contribution >= 4 is 5.91 Å². The first-order valence-electron chi connectivity index (χ1n) is 13.7. The zero-order valence-electron chi connectivity index (χ0n) is 25.2. The maximum absolute atomic E-state index is 11.7. The van der Waals surface area contributed by atoms with Gasteiger partial charge in [-0.05, 0) is 90.4 Å². The van der Waals surface area contributed by atoms with Crippen molar-refractivity contribution in [1.82, 2.24) is 15.0 Å². The molecule has 9 nitrogen and oxygen atoms in total. The van der Waals surface area contributed by atoms with Gasteiger partial charge in [0.2, 0.25) is 5.91 Å². The van der Waals surface area contributed by atoms with Crippen molar-refractivity contribution in [2.45, 2.75) is 54.2 Å². The number of nitrogens with one attached hydrogen (secondary N) is 1. The van der Waals surface area contributed by atoms with Crippen LogP contribution in [0.5, 0.6) is 11.5 Å². The predicted molar refractivity (Wildman–Crippen MR) is 156 cm³/mol. The van der Waals surface area contributed by atoms with E-state index in [9.17, 15) is 14.4 Å². The number of carbonyl (C=O) groups is 1. The normalized spacial score (nSPS) is 10.8. The molecule has 0 radical (unpaired) electrons. The minimum absolute atomic E-state index is 0. The molecular formula is C32H36N3NaO6. The summed E-state index contributed by atoms with van der Waals surface area (Å²) in [7, 11) is 0. The summed E-state index contributed by atoms with van der Waals surface area (Å²) < 4.78 is 17.7. The number of aromatic nitrogens is 2. The number of hydrogen-bond donors (Lipinski definition) is 1. The molecular weight excluding hydrogens is 545 g/mol. The van der Waals surface area contributed by atoms with Crippen LogP contribution in [0.25, 0.3) is 11.1 Å². The van der Waals surface area contributed by atoms with E-state index in [0.717, 1.165) is 50.3 Å². The number of aryl methyl sites for hydroxylation is 2. The third kappa shape index (κ3) is 8.50. The molecule has 216 valence electrons. The van der Waals surface area contributed by atoms with E-state index in [1.165, 1.54) is 5.56 Å². The Kier molecular flexibility index (Phi) is 11.8. The Morgan fingerprint density at radius 2 is 1.67 bits per heavy atom. The van der Waals surface area contributed by atoms with Crippen molar-refractivity contribution < 1.29 is 48.3 Å². The van der Waals surface area contributed by atoms with E-state index in [0.29, 0.717) is 25.5 Å². The number of amides is 1. The van der Waals surface area contributed by atoms with Crippen molar-refractivity contribution in [2.24, 2.45) is 5.92 Å². The summed E-state index contributed by atoms with van der Waals surface area (Å²) >= 11 is 0. The molecule has 1 aromatic heterocycles. The van der Waals surface area contributed by atoms with Gasteiger partial charge in [0.25, 0.3) is 0 Å². The molecule has 0 bridgehead atoms. The van der Waals surface area contributed by atoms with Crippen LogP contribution in [-0.4, -0.2) is 23.8 Å². The van der Waals surface area contributed by atoms with Gasteiger partial charge in [-0.2, -0.15) is 0 Å². The second kappa shape index (κ2) is 15.1. The molecule has 1 amide bonds. The number of carbonyl (C=O) groups excluding carboxylic acids is 1. The van der Waals surface area contributed by atoms with Crippen LogP contribution in [0.4, 0.5) is 0 Å². The molecule has 0 aliphatic heterocycles. The van der Waals surface area contributed by atoms with Crippen LogP contribution in [0.3, 0.4) is 0 Å². The number of rotatable bonds is 12. The maximum Gasteiger partial charge on any atom is 1.00 e. The Morgan fingerprint density at radius 3 is 2.29 bits per heavy atom. The predicted octanol–water partition coefficient (Wildman–Crippen LogP) is 1.52. The molecule has 0 fully saturated rings. The molecule has 1 heterocycles. The van der Waals surface area contributed by atoms with Crippen LogP contribution >= 0.6 is 0 Å². The van der Waals surface area contributed by atoms with E-state index in [1.54, 1.807) is 0 Å². The van der Waals surface area contributed by atoms with E-state index >= 15 is 0 Å². The monoisotopic (exact) mass is 581 g/mol. The maximum atomic E-state index is 11.7. The van der Waals surface area contributed by atoms with E-state index < -0.39 is 11.4 Å². The topological polar surface area (TPSA) is 114 Å². The summed E-state index contributed by atoms with van der Waals surface area (Å²) in [5.41, 5.74) is 6.86. The van der Waals surface area contributed by atoms with Gasteiger partial charge in [0.15, 0.2) is 5.69 Å². The zero-order chi connectivity index (χ0) is 29.5. The molecule has 0 atom stereocenters.